The number of amides is 1. The zero-order valence-corrected chi connectivity index (χ0v) is 16.7. The minimum atomic E-state index is -0.00190. The molecule has 2 aromatic heterocycles. The first-order valence-corrected chi connectivity index (χ1v) is 10.7. The van der Waals surface area contributed by atoms with Crippen LogP contribution in [0, 0.1) is 0 Å². The molecular formula is C24H21N3OS. The van der Waals surface area contributed by atoms with Crippen molar-refractivity contribution >= 4 is 39.7 Å². The van der Waals surface area contributed by atoms with Crippen LogP contribution in [0.25, 0.3) is 10.9 Å². The van der Waals surface area contributed by atoms with Crippen molar-refractivity contribution < 1.29 is 4.79 Å². The first-order valence-electron chi connectivity index (χ1n) is 9.82. The summed E-state index contributed by atoms with van der Waals surface area (Å²) in [6, 6.07) is 22.8. The molecule has 0 saturated heterocycles. The van der Waals surface area contributed by atoms with Crippen molar-refractivity contribution in [3.8, 4) is 0 Å². The number of fused-ring (bicyclic) bond motifs is 2. The summed E-state index contributed by atoms with van der Waals surface area (Å²) in [4.78, 5) is 18.1. The van der Waals surface area contributed by atoms with E-state index in [1.165, 1.54) is 11.1 Å². The standard InChI is InChI=1S/C24H21N3OS/c28-24(15-19-5-3-13-29-19)25-18-9-11-21-17(14-18)8-12-23(26-21)27-22-10-7-16-4-1-2-6-20(16)22/h1-6,8-9,11-14,22H,7,10,15H2,(H,25,28)(H,26,27)/t22-/m1/s1. The molecule has 2 heterocycles. The number of anilines is 2. The van der Waals surface area contributed by atoms with Crippen LogP contribution in [0.2, 0.25) is 0 Å². The summed E-state index contributed by atoms with van der Waals surface area (Å²) >= 11 is 1.60. The van der Waals surface area contributed by atoms with Crippen LogP contribution in [-0.4, -0.2) is 10.9 Å². The number of hydrogen-bond donors (Lipinski definition) is 2. The molecular weight excluding hydrogens is 378 g/mol. The summed E-state index contributed by atoms with van der Waals surface area (Å²) in [6.07, 6.45) is 2.60. The van der Waals surface area contributed by atoms with Crippen molar-refractivity contribution in [3.05, 3.63) is 88.1 Å². The fourth-order valence-corrected chi connectivity index (χ4v) is 4.65. The Morgan fingerprint density at radius 1 is 1.07 bits per heavy atom. The molecule has 1 atom stereocenters. The Morgan fingerprint density at radius 3 is 2.90 bits per heavy atom. The van der Waals surface area contributed by atoms with E-state index in [2.05, 4.69) is 41.0 Å². The van der Waals surface area contributed by atoms with Gasteiger partial charge in [-0.3, -0.25) is 4.79 Å². The third-order valence-corrected chi connectivity index (χ3v) is 6.22. The van der Waals surface area contributed by atoms with Gasteiger partial charge in [0.15, 0.2) is 0 Å². The minimum Gasteiger partial charge on any atom is -0.363 e. The summed E-state index contributed by atoms with van der Waals surface area (Å²) in [5.74, 6) is 0.881. The van der Waals surface area contributed by atoms with Gasteiger partial charge in [-0.15, -0.1) is 11.3 Å². The van der Waals surface area contributed by atoms with Gasteiger partial charge >= 0.3 is 0 Å². The zero-order chi connectivity index (χ0) is 19.6. The number of benzene rings is 2. The quantitative estimate of drug-likeness (QED) is 0.461. The number of thiophene rings is 1. The molecule has 144 valence electrons. The van der Waals surface area contributed by atoms with Crippen LogP contribution in [-0.2, 0) is 17.6 Å². The summed E-state index contributed by atoms with van der Waals surface area (Å²) in [6.45, 7) is 0. The molecule has 29 heavy (non-hydrogen) atoms. The molecule has 0 spiro atoms. The predicted molar refractivity (Wildman–Crippen MR) is 120 cm³/mol. The molecule has 0 saturated carbocycles. The van der Waals surface area contributed by atoms with Crippen LogP contribution in [0.3, 0.4) is 0 Å². The fraction of sp³-hybridized carbons (Fsp3) is 0.167. The van der Waals surface area contributed by atoms with Crippen molar-refractivity contribution in [2.45, 2.75) is 25.3 Å². The molecule has 0 fully saturated rings. The summed E-state index contributed by atoms with van der Waals surface area (Å²) in [7, 11) is 0. The van der Waals surface area contributed by atoms with E-state index in [1.807, 2.05) is 41.8 Å². The number of pyridine rings is 1. The van der Waals surface area contributed by atoms with E-state index in [0.29, 0.717) is 12.5 Å². The Bertz CT molecular complexity index is 1170. The molecule has 2 aromatic carbocycles. The second kappa shape index (κ2) is 7.68. The van der Waals surface area contributed by atoms with Gasteiger partial charge < -0.3 is 10.6 Å². The molecule has 4 aromatic rings. The van der Waals surface area contributed by atoms with E-state index in [-0.39, 0.29) is 5.91 Å². The first-order chi connectivity index (χ1) is 14.2. The number of hydrogen-bond acceptors (Lipinski definition) is 4. The van der Waals surface area contributed by atoms with Gasteiger partial charge in [-0.05, 0) is 65.7 Å². The fourth-order valence-electron chi connectivity index (χ4n) is 3.95. The lowest BCUT2D eigenvalue weighted by molar-refractivity contribution is -0.115. The Labute approximate surface area is 173 Å². The van der Waals surface area contributed by atoms with Gasteiger partial charge in [0.25, 0.3) is 0 Å². The molecule has 0 bridgehead atoms. The monoisotopic (exact) mass is 399 g/mol. The molecule has 1 aliphatic carbocycles. The molecule has 0 aliphatic heterocycles. The highest BCUT2D eigenvalue weighted by Crippen LogP contribution is 2.33. The van der Waals surface area contributed by atoms with Crippen LogP contribution >= 0.6 is 11.3 Å². The van der Waals surface area contributed by atoms with Gasteiger partial charge in [0.05, 0.1) is 18.0 Å². The predicted octanol–water partition coefficient (Wildman–Crippen LogP) is 5.58. The van der Waals surface area contributed by atoms with Crippen LogP contribution < -0.4 is 10.6 Å². The second-order valence-corrected chi connectivity index (χ2v) is 8.37. The van der Waals surface area contributed by atoms with Crippen molar-refractivity contribution in [2.75, 3.05) is 10.6 Å². The van der Waals surface area contributed by atoms with E-state index in [9.17, 15) is 4.79 Å². The maximum atomic E-state index is 12.2. The molecule has 5 rings (SSSR count). The Hall–Kier alpha value is -3.18. The normalized spacial score (nSPS) is 15.2. The smallest absolute Gasteiger partial charge is 0.229 e. The SMILES string of the molecule is O=C(Cc1cccs1)Nc1ccc2nc(N[C@@H]3CCc4ccccc43)ccc2c1. The van der Waals surface area contributed by atoms with Crippen LogP contribution in [0.4, 0.5) is 11.5 Å². The number of carbonyl (C=O) groups is 1. The van der Waals surface area contributed by atoms with Crippen LogP contribution in [0.15, 0.2) is 72.1 Å². The third kappa shape index (κ3) is 3.87. The Morgan fingerprint density at radius 2 is 2.00 bits per heavy atom. The molecule has 5 heteroatoms. The lowest BCUT2D eigenvalue weighted by atomic mass is 10.1. The highest BCUT2D eigenvalue weighted by molar-refractivity contribution is 7.10. The summed E-state index contributed by atoms with van der Waals surface area (Å²) < 4.78 is 0. The van der Waals surface area contributed by atoms with Gasteiger partial charge in [-0.1, -0.05) is 30.3 Å². The lowest BCUT2D eigenvalue weighted by Gasteiger charge is -2.15. The van der Waals surface area contributed by atoms with Gasteiger partial charge in [-0.2, -0.15) is 0 Å². The number of nitrogens with one attached hydrogen (secondary N) is 2. The van der Waals surface area contributed by atoms with Gasteiger partial charge in [0.1, 0.15) is 5.82 Å². The first kappa shape index (κ1) is 17.9. The van der Waals surface area contributed by atoms with E-state index in [4.69, 9.17) is 4.98 Å². The van der Waals surface area contributed by atoms with Gasteiger partial charge in [0.2, 0.25) is 5.91 Å². The van der Waals surface area contributed by atoms with Crippen molar-refractivity contribution in [1.29, 1.82) is 0 Å². The molecule has 2 N–H and O–H groups in total. The van der Waals surface area contributed by atoms with E-state index in [0.717, 1.165) is 40.1 Å². The van der Waals surface area contributed by atoms with E-state index < -0.39 is 0 Å². The van der Waals surface area contributed by atoms with E-state index >= 15 is 0 Å². The number of aromatic nitrogens is 1. The Kier molecular flexibility index (Phi) is 4.74. The number of aryl methyl sites for hydroxylation is 1. The molecule has 0 unspecified atom stereocenters. The third-order valence-electron chi connectivity index (χ3n) is 5.34. The molecule has 0 radical (unpaired) electrons. The average Bonchev–Trinajstić information content (AvgIpc) is 3.38. The van der Waals surface area contributed by atoms with Gasteiger partial charge in [-0.25, -0.2) is 4.98 Å². The van der Waals surface area contributed by atoms with Crippen LogP contribution in [0.5, 0.6) is 0 Å². The summed E-state index contributed by atoms with van der Waals surface area (Å²) in [5.41, 5.74) is 4.51. The maximum absolute atomic E-state index is 12.2. The lowest BCUT2D eigenvalue weighted by Crippen LogP contribution is -2.13. The molecule has 1 amide bonds. The molecule has 1 aliphatic rings. The largest absolute Gasteiger partial charge is 0.363 e. The van der Waals surface area contributed by atoms with Crippen molar-refractivity contribution in [1.82, 2.24) is 4.98 Å². The maximum Gasteiger partial charge on any atom is 0.229 e. The number of nitrogens with zero attached hydrogens (tertiary/aromatic N) is 1. The molecule has 4 nitrogen and oxygen atoms in total. The highest BCUT2D eigenvalue weighted by Gasteiger charge is 2.21. The zero-order valence-electron chi connectivity index (χ0n) is 15.9. The summed E-state index contributed by atoms with van der Waals surface area (Å²) in [5, 5.41) is 9.56. The minimum absolute atomic E-state index is 0.00190. The number of carbonyl (C=O) groups excluding carboxylic acids is 1. The van der Waals surface area contributed by atoms with Gasteiger partial charge in [0, 0.05) is 16.0 Å². The average molecular weight is 400 g/mol. The van der Waals surface area contributed by atoms with E-state index in [1.54, 1.807) is 11.3 Å². The highest BCUT2D eigenvalue weighted by atomic mass is 32.1. The van der Waals surface area contributed by atoms with Crippen LogP contribution in [0.1, 0.15) is 28.5 Å². The van der Waals surface area contributed by atoms with Crippen molar-refractivity contribution in [3.63, 3.8) is 0 Å². The second-order valence-electron chi connectivity index (χ2n) is 7.34. The van der Waals surface area contributed by atoms with Crippen molar-refractivity contribution in [2.24, 2.45) is 0 Å². The number of rotatable bonds is 5. The Balaban J connectivity index is 1.30. The topological polar surface area (TPSA) is 54.0 Å².